The predicted molar refractivity (Wildman–Crippen MR) is 90.4 cm³/mol. The summed E-state index contributed by atoms with van der Waals surface area (Å²) >= 11 is 6.11. The van der Waals surface area contributed by atoms with E-state index in [2.05, 4.69) is 35.4 Å². The molecule has 21 heavy (non-hydrogen) atoms. The first-order chi connectivity index (χ1) is 9.88. The van der Waals surface area contributed by atoms with Gasteiger partial charge in [0.2, 0.25) is 0 Å². The van der Waals surface area contributed by atoms with Gasteiger partial charge in [-0.15, -0.1) is 0 Å². The van der Waals surface area contributed by atoms with Crippen LogP contribution < -0.4 is 10.2 Å². The Kier molecular flexibility index (Phi) is 4.78. The van der Waals surface area contributed by atoms with Gasteiger partial charge in [-0.3, -0.25) is 4.68 Å². The smallest absolute Gasteiger partial charge is 0.0699 e. The van der Waals surface area contributed by atoms with Gasteiger partial charge in [-0.05, 0) is 24.1 Å². The van der Waals surface area contributed by atoms with Crippen molar-refractivity contribution in [2.24, 2.45) is 7.05 Å². The molecule has 0 aliphatic heterocycles. The molecule has 0 atom stereocenters. The lowest BCUT2D eigenvalue weighted by molar-refractivity contribution is 0.712. The summed E-state index contributed by atoms with van der Waals surface area (Å²) < 4.78 is 1.87. The first-order valence-corrected chi connectivity index (χ1v) is 7.49. The van der Waals surface area contributed by atoms with Crippen LogP contribution in [0.4, 0.5) is 11.4 Å². The summed E-state index contributed by atoms with van der Waals surface area (Å²) in [7, 11) is 6.01. The third kappa shape index (κ3) is 3.70. The third-order valence-electron chi connectivity index (χ3n) is 3.39. The summed E-state index contributed by atoms with van der Waals surface area (Å²) in [5, 5.41) is 8.75. The molecule has 0 fully saturated rings. The Morgan fingerprint density at radius 1 is 1.33 bits per heavy atom. The Morgan fingerprint density at radius 3 is 2.67 bits per heavy atom. The Hall–Kier alpha value is -1.68. The lowest BCUT2D eigenvalue weighted by Crippen LogP contribution is -2.12. The fourth-order valence-corrected chi connectivity index (χ4v) is 2.58. The van der Waals surface area contributed by atoms with Crippen LogP contribution in [-0.2, 0) is 13.6 Å². The summed E-state index contributed by atoms with van der Waals surface area (Å²) in [5.41, 5.74) is 4.51. The highest BCUT2D eigenvalue weighted by molar-refractivity contribution is 6.31. The molecule has 1 N–H and O–H groups in total. The van der Waals surface area contributed by atoms with E-state index in [9.17, 15) is 0 Å². The molecule has 1 aromatic heterocycles. The Labute approximate surface area is 131 Å². The molecule has 0 radical (unpaired) electrons. The number of aromatic nitrogens is 2. The van der Waals surface area contributed by atoms with Gasteiger partial charge in [-0.25, -0.2) is 0 Å². The van der Waals surface area contributed by atoms with Crippen molar-refractivity contribution >= 4 is 23.0 Å². The summed E-state index contributed by atoms with van der Waals surface area (Å²) in [4.78, 5) is 2.07. The average Bonchev–Trinajstić information content (AvgIpc) is 2.77. The van der Waals surface area contributed by atoms with Gasteiger partial charge < -0.3 is 10.2 Å². The molecule has 0 saturated heterocycles. The van der Waals surface area contributed by atoms with E-state index in [-0.39, 0.29) is 0 Å². The minimum atomic E-state index is 0.413. The van der Waals surface area contributed by atoms with Crippen molar-refractivity contribution in [3.8, 4) is 0 Å². The van der Waals surface area contributed by atoms with Gasteiger partial charge in [-0.1, -0.05) is 25.4 Å². The third-order valence-corrected chi connectivity index (χ3v) is 3.63. The van der Waals surface area contributed by atoms with E-state index in [0.717, 1.165) is 28.6 Å². The van der Waals surface area contributed by atoms with Crippen LogP contribution >= 0.6 is 11.6 Å². The second-order valence-electron chi connectivity index (χ2n) is 5.78. The second kappa shape index (κ2) is 6.39. The molecule has 0 saturated carbocycles. The maximum atomic E-state index is 6.11. The molecule has 1 aromatic carbocycles. The number of halogens is 1. The number of anilines is 2. The largest absolute Gasteiger partial charge is 0.379 e. The molecule has 0 spiro atoms. The molecule has 5 heteroatoms. The Morgan fingerprint density at radius 2 is 2.05 bits per heavy atom. The zero-order chi connectivity index (χ0) is 15.6. The van der Waals surface area contributed by atoms with E-state index < -0.39 is 0 Å². The minimum Gasteiger partial charge on any atom is -0.379 e. The molecule has 0 aliphatic carbocycles. The van der Waals surface area contributed by atoms with E-state index in [4.69, 9.17) is 11.6 Å². The van der Waals surface area contributed by atoms with Crippen molar-refractivity contribution in [2.45, 2.75) is 26.3 Å². The SMILES string of the molecule is CC(C)c1nn(C)cc1CNc1cc(Cl)ccc1N(C)C. The number of aryl methyl sites for hydroxylation is 1. The maximum absolute atomic E-state index is 6.11. The summed E-state index contributed by atoms with van der Waals surface area (Å²) in [6.45, 7) is 5.06. The van der Waals surface area contributed by atoms with E-state index in [1.165, 1.54) is 5.56 Å². The van der Waals surface area contributed by atoms with Gasteiger partial charge in [0, 0.05) is 44.5 Å². The van der Waals surface area contributed by atoms with Gasteiger partial charge >= 0.3 is 0 Å². The van der Waals surface area contributed by atoms with Gasteiger partial charge in [-0.2, -0.15) is 5.10 Å². The van der Waals surface area contributed by atoms with Gasteiger partial charge in [0.25, 0.3) is 0 Å². The molecule has 2 rings (SSSR count). The summed E-state index contributed by atoms with van der Waals surface area (Å²) in [5.74, 6) is 0.413. The van der Waals surface area contributed by atoms with Crippen molar-refractivity contribution in [3.05, 3.63) is 40.7 Å². The van der Waals surface area contributed by atoms with Crippen molar-refractivity contribution in [2.75, 3.05) is 24.3 Å². The molecular formula is C16H23ClN4. The van der Waals surface area contributed by atoms with Crippen molar-refractivity contribution < 1.29 is 0 Å². The maximum Gasteiger partial charge on any atom is 0.0699 e. The standard InChI is InChI=1S/C16H23ClN4/c1-11(2)16-12(10-21(5)19-16)9-18-14-8-13(17)6-7-15(14)20(3)4/h6-8,10-11,18H,9H2,1-5H3. The fourth-order valence-electron chi connectivity index (χ4n) is 2.41. The minimum absolute atomic E-state index is 0.413. The number of rotatable bonds is 5. The highest BCUT2D eigenvalue weighted by Crippen LogP contribution is 2.29. The quantitative estimate of drug-likeness (QED) is 0.910. The van der Waals surface area contributed by atoms with Gasteiger partial charge in [0.15, 0.2) is 0 Å². The van der Waals surface area contributed by atoms with Crippen LogP contribution in [0.2, 0.25) is 5.02 Å². The Balaban J connectivity index is 2.22. The van der Waals surface area contributed by atoms with Crippen LogP contribution in [0.15, 0.2) is 24.4 Å². The van der Waals surface area contributed by atoms with Crippen LogP contribution in [0.1, 0.15) is 31.0 Å². The van der Waals surface area contributed by atoms with Crippen LogP contribution in [-0.4, -0.2) is 23.9 Å². The molecule has 0 unspecified atom stereocenters. The number of nitrogens with zero attached hydrogens (tertiary/aromatic N) is 3. The van der Waals surface area contributed by atoms with Crippen LogP contribution in [0.3, 0.4) is 0 Å². The number of hydrogen-bond donors (Lipinski definition) is 1. The highest BCUT2D eigenvalue weighted by Gasteiger charge is 2.12. The molecular weight excluding hydrogens is 284 g/mol. The average molecular weight is 307 g/mol. The predicted octanol–water partition coefficient (Wildman–Crippen LogP) is 3.88. The van der Waals surface area contributed by atoms with E-state index in [0.29, 0.717) is 5.92 Å². The summed E-state index contributed by atoms with van der Waals surface area (Å²) in [6, 6.07) is 5.89. The molecule has 114 valence electrons. The van der Waals surface area contributed by atoms with Crippen molar-refractivity contribution in [1.29, 1.82) is 0 Å². The van der Waals surface area contributed by atoms with Crippen molar-refractivity contribution in [1.82, 2.24) is 9.78 Å². The Bertz CT molecular complexity index is 617. The molecule has 4 nitrogen and oxygen atoms in total. The molecule has 1 heterocycles. The normalized spacial score (nSPS) is 11.0. The first kappa shape index (κ1) is 15.7. The molecule has 0 bridgehead atoms. The zero-order valence-corrected chi connectivity index (χ0v) is 14.1. The molecule has 0 amide bonds. The van der Waals surface area contributed by atoms with Crippen LogP contribution in [0, 0.1) is 0 Å². The van der Waals surface area contributed by atoms with Gasteiger partial charge in [0.1, 0.15) is 0 Å². The second-order valence-corrected chi connectivity index (χ2v) is 6.21. The topological polar surface area (TPSA) is 33.1 Å². The lowest BCUT2D eigenvalue weighted by atomic mass is 10.1. The monoisotopic (exact) mass is 306 g/mol. The zero-order valence-electron chi connectivity index (χ0n) is 13.3. The fraction of sp³-hybridized carbons (Fsp3) is 0.438. The van der Waals surface area contributed by atoms with Crippen molar-refractivity contribution in [3.63, 3.8) is 0 Å². The number of nitrogens with one attached hydrogen (secondary N) is 1. The number of hydrogen-bond acceptors (Lipinski definition) is 3. The van der Waals surface area contributed by atoms with Gasteiger partial charge in [0.05, 0.1) is 17.1 Å². The molecule has 0 aliphatic rings. The van der Waals surface area contributed by atoms with Crippen LogP contribution in [0.5, 0.6) is 0 Å². The van der Waals surface area contributed by atoms with E-state index in [1.807, 2.05) is 44.0 Å². The molecule has 2 aromatic rings. The van der Waals surface area contributed by atoms with Crippen LogP contribution in [0.25, 0.3) is 0 Å². The summed E-state index contributed by atoms with van der Waals surface area (Å²) in [6.07, 6.45) is 2.07. The number of benzene rings is 1. The highest BCUT2D eigenvalue weighted by atomic mass is 35.5. The first-order valence-electron chi connectivity index (χ1n) is 7.11. The lowest BCUT2D eigenvalue weighted by Gasteiger charge is -2.19. The van der Waals surface area contributed by atoms with E-state index >= 15 is 0 Å². The van der Waals surface area contributed by atoms with E-state index in [1.54, 1.807) is 0 Å².